The van der Waals surface area contributed by atoms with E-state index in [1.165, 1.54) is 110 Å². The number of fused-ring (bicyclic) bond motifs is 5. The Morgan fingerprint density at radius 3 is 1.34 bits per heavy atom. The van der Waals surface area contributed by atoms with Gasteiger partial charge in [-0.2, -0.15) is 17.5 Å². The average molecular weight is 1120 g/mol. The first-order valence-corrected chi connectivity index (χ1v) is 32.3. The van der Waals surface area contributed by atoms with Crippen molar-refractivity contribution in [3.8, 4) is 75.1 Å². The summed E-state index contributed by atoms with van der Waals surface area (Å²) in [4.78, 5) is 3.93. The zero-order valence-corrected chi connectivity index (χ0v) is 50.0. The van der Waals surface area contributed by atoms with Crippen molar-refractivity contribution in [2.24, 2.45) is 11.8 Å². The number of rotatable bonds is 24. The van der Waals surface area contributed by atoms with E-state index in [9.17, 15) is 0 Å². The lowest BCUT2D eigenvalue weighted by Crippen LogP contribution is -2.21. The van der Waals surface area contributed by atoms with Crippen molar-refractivity contribution in [2.75, 3.05) is 0 Å². The third-order valence-electron chi connectivity index (χ3n) is 17.2. The Bertz CT molecular complexity index is 3750. The number of halogens is 2. The van der Waals surface area contributed by atoms with Gasteiger partial charge in [-0.05, 0) is 137 Å². The summed E-state index contributed by atoms with van der Waals surface area (Å²) in [5.74, 6) is 1.03. The molecule has 10 heteroatoms. The van der Waals surface area contributed by atoms with E-state index >= 15 is 8.78 Å². The first-order chi connectivity index (χ1) is 38.6. The van der Waals surface area contributed by atoms with E-state index in [1.54, 1.807) is 34.8 Å². The molecule has 0 bridgehead atoms. The fourth-order valence-corrected chi connectivity index (χ4v) is 15.6. The minimum absolute atomic E-state index is 0.155. The smallest absolute Gasteiger partial charge is 0.132 e. The maximum absolute atomic E-state index is 15.8. The van der Waals surface area contributed by atoms with Crippen molar-refractivity contribution in [1.82, 2.24) is 17.5 Å². The molecule has 0 aliphatic heterocycles. The Balaban J connectivity index is 0.858. The summed E-state index contributed by atoms with van der Waals surface area (Å²) < 4.78 is 51.2. The van der Waals surface area contributed by atoms with E-state index in [4.69, 9.17) is 17.5 Å². The Hall–Kier alpha value is -5.78. The van der Waals surface area contributed by atoms with Crippen LogP contribution in [0.1, 0.15) is 154 Å². The second kappa shape index (κ2) is 24.5. The van der Waals surface area contributed by atoms with Gasteiger partial charge in [-0.3, -0.25) is 0 Å². The predicted molar refractivity (Wildman–Crippen MR) is 336 cm³/mol. The topological polar surface area (TPSA) is 51.6 Å². The molecule has 6 aromatic carbocycles. The molecule has 0 spiro atoms. The minimum Gasteiger partial charge on any atom is -0.206 e. The highest BCUT2D eigenvalue weighted by Gasteiger charge is 2.40. The first kappa shape index (κ1) is 55.1. The molecule has 1 aliphatic rings. The van der Waals surface area contributed by atoms with Gasteiger partial charge < -0.3 is 0 Å². The molecule has 10 aromatic rings. The molecule has 0 fully saturated rings. The van der Waals surface area contributed by atoms with Crippen molar-refractivity contribution in [3.05, 3.63) is 155 Å². The second-order valence-corrected chi connectivity index (χ2v) is 25.8. The van der Waals surface area contributed by atoms with Gasteiger partial charge in [-0.1, -0.05) is 185 Å². The van der Waals surface area contributed by atoms with Gasteiger partial charge in [0, 0.05) is 58.3 Å². The molecule has 0 saturated heterocycles. The van der Waals surface area contributed by atoms with E-state index < -0.39 is 0 Å². The second-order valence-electron chi connectivity index (χ2n) is 22.6. The number of unbranched alkanes of at least 4 members (excludes halogenated alkanes) is 5. The quantitative estimate of drug-likeness (QED) is 0.0566. The largest absolute Gasteiger partial charge is 0.206 e. The van der Waals surface area contributed by atoms with E-state index in [1.807, 2.05) is 24.3 Å². The molecular formula is C69H72F2N4S4. The summed E-state index contributed by atoms with van der Waals surface area (Å²) in [5, 5.41) is 0. The zero-order chi connectivity index (χ0) is 54.6. The summed E-state index contributed by atoms with van der Waals surface area (Å²) in [5.41, 5.74) is 18.4. The van der Waals surface area contributed by atoms with Crippen molar-refractivity contribution < 1.29 is 8.78 Å². The third kappa shape index (κ3) is 11.3. The lowest BCUT2D eigenvalue weighted by Gasteiger charge is -2.28. The molecule has 0 radical (unpaired) electrons. The molecule has 0 amide bonds. The van der Waals surface area contributed by atoms with Gasteiger partial charge in [0.15, 0.2) is 0 Å². The predicted octanol–water partition coefficient (Wildman–Crippen LogP) is 22.3. The van der Waals surface area contributed by atoms with E-state index in [0.29, 0.717) is 23.0 Å². The molecule has 3 unspecified atom stereocenters. The Morgan fingerprint density at radius 1 is 0.430 bits per heavy atom. The van der Waals surface area contributed by atoms with Crippen LogP contribution in [0.15, 0.2) is 121 Å². The summed E-state index contributed by atoms with van der Waals surface area (Å²) in [7, 11) is 0. The van der Waals surface area contributed by atoms with Gasteiger partial charge in [-0.15, -0.1) is 22.7 Å². The molecule has 406 valence electrons. The van der Waals surface area contributed by atoms with Crippen molar-refractivity contribution in [2.45, 2.75) is 150 Å². The number of benzene rings is 6. The number of aryl methyl sites for hydroxylation is 2. The molecule has 11 rings (SSSR count). The molecule has 0 N–H and O–H groups in total. The van der Waals surface area contributed by atoms with Gasteiger partial charge in [0.1, 0.15) is 33.7 Å². The van der Waals surface area contributed by atoms with Crippen molar-refractivity contribution in [3.63, 3.8) is 0 Å². The zero-order valence-electron chi connectivity index (χ0n) is 46.7. The normalized spacial score (nSPS) is 14.8. The van der Waals surface area contributed by atoms with Gasteiger partial charge in [0.25, 0.3) is 0 Å². The Labute approximate surface area is 483 Å². The molecule has 4 heterocycles. The van der Waals surface area contributed by atoms with Gasteiger partial charge >= 0.3 is 0 Å². The molecule has 79 heavy (non-hydrogen) atoms. The Morgan fingerprint density at radius 2 is 0.861 bits per heavy atom. The van der Waals surface area contributed by atoms with Gasteiger partial charge in [0.2, 0.25) is 0 Å². The van der Waals surface area contributed by atoms with Crippen molar-refractivity contribution in [1.29, 1.82) is 0 Å². The van der Waals surface area contributed by atoms with Crippen LogP contribution in [-0.4, -0.2) is 17.5 Å². The fourth-order valence-electron chi connectivity index (χ4n) is 12.3. The van der Waals surface area contributed by atoms with Crippen LogP contribution in [0.4, 0.5) is 8.78 Å². The van der Waals surface area contributed by atoms with E-state index in [2.05, 4.69) is 126 Å². The maximum Gasteiger partial charge on any atom is 0.132 e. The lowest BCUT2D eigenvalue weighted by molar-refractivity contribution is 0.421. The highest BCUT2D eigenvalue weighted by Crippen LogP contribution is 2.54. The number of aromatic nitrogens is 4. The number of nitrogens with zero attached hydrogens (tertiary/aromatic N) is 4. The van der Waals surface area contributed by atoms with Crippen LogP contribution in [0.2, 0.25) is 0 Å². The highest BCUT2D eigenvalue weighted by molar-refractivity contribution is 7.19. The van der Waals surface area contributed by atoms with Crippen molar-refractivity contribution >= 4 is 68.2 Å². The maximum atomic E-state index is 15.8. The third-order valence-corrected chi connectivity index (χ3v) is 20.6. The minimum atomic E-state index is -0.232. The van der Waals surface area contributed by atoms with Gasteiger partial charge in [-0.25, -0.2) is 8.78 Å². The van der Waals surface area contributed by atoms with Crippen LogP contribution in [0.5, 0.6) is 0 Å². The van der Waals surface area contributed by atoms with Crippen LogP contribution in [0.25, 0.3) is 97.2 Å². The number of thiophene rings is 2. The number of hydrogen-bond acceptors (Lipinski definition) is 8. The molecule has 3 atom stereocenters. The SMILES string of the molecule is CCCCCCC1(C)c2cc(-c3ccc(-c4ccc(-c5ccc(CCC(C)CCCC)cc5F)s4)c4nsnc34)ccc2-c2ccc(-c3ccc(-c4ccc(-c5ccc(CCC(CC)CCCC)cc5F)s4)c4nsnc34)cc21. The molecule has 0 saturated carbocycles. The van der Waals surface area contributed by atoms with Gasteiger partial charge in [0.05, 0.1) is 23.5 Å². The van der Waals surface area contributed by atoms with Crippen LogP contribution in [0.3, 0.4) is 0 Å². The van der Waals surface area contributed by atoms with E-state index in [-0.39, 0.29) is 17.0 Å². The Kier molecular flexibility index (Phi) is 17.1. The van der Waals surface area contributed by atoms with Crippen LogP contribution in [0, 0.1) is 23.5 Å². The molecular weight excluding hydrogens is 1050 g/mol. The summed E-state index contributed by atoms with van der Waals surface area (Å²) in [6, 6.07) is 42.7. The molecule has 4 nitrogen and oxygen atoms in total. The average Bonchev–Trinajstić information content (AvgIpc) is 4.55. The highest BCUT2D eigenvalue weighted by atomic mass is 32.1. The fraction of sp³-hybridized carbons (Fsp3) is 0.362. The van der Waals surface area contributed by atoms with Crippen LogP contribution < -0.4 is 0 Å². The first-order valence-electron chi connectivity index (χ1n) is 29.2. The molecule has 1 aliphatic carbocycles. The number of hydrogen-bond donors (Lipinski definition) is 0. The summed E-state index contributed by atoms with van der Waals surface area (Å²) >= 11 is 5.72. The summed E-state index contributed by atoms with van der Waals surface area (Å²) in [6.45, 7) is 13.8. The lowest BCUT2D eigenvalue weighted by atomic mass is 9.75. The van der Waals surface area contributed by atoms with Crippen LogP contribution >= 0.6 is 46.1 Å². The summed E-state index contributed by atoms with van der Waals surface area (Å²) in [6.07, 6.45) is 18.4. The van der Waals surface area contributed by atoms with E-state index in [0.717, 1.165) is 125 Å². The standard InChI is InChI=1S/C69H72F2N4S4/c1-7-11-14-15-38-69(6)57-41-47(49-30-32-55(67-65(49)72-78-74-67)63-36-34-61(76-63)53-26-22-45(39-59(53)70)19-18-43(5)16-12-8-2)24-28-51(57)52-29-25-48(42-58(52)69)50-31-33-56(68-66(50)73-79-75-68)64-37-35-62(77-64)54-27-23-46(40-60(54)71)21-20-44(10-4)17-13-9-3/h22-37,39-44H,7-21,38H2,1-6H3. The monoisotopic (exact) mass is 1120 g/mol. The van der Waals surface area contributed by atoms with Crippen LogP contribution in [-0.2, 0) is 18.3 Å². The molecule has 4 aromatic heterocycles.